The molecule has 0 radical (unpaired) electrons. The van der Waals surface area contributed by atoms with Gasteiger partial charge in [0, 0.05) is 6.42 Å². The number of ketones is 1. The van der Waals surface area contributed by atoms with Gasteiger partial charge in [0.2, 0.25) is 0 Å². The first-order chi connectivity index (χ1) is 6.82. The van der Waals surface area contributed by atoms with Crippen LogP contribution < -0.4 is 5.32 Å². The van der Waals surface area contributed by atoms with Gasteiger partial charge in [0.05, 0.1) is 12.7 Å². The van der Waals surface area contributed by atoms with Gasteiger partial charge in [0.15, 0.2) is 5.78 Å². The van der Waals surface area contributed by atoms with Gasteiger partial charge in [-0.25, -0.2) is 4.79 Å². The number of alkyl carbamates (subject to hydrolysis) is 1. The maximum absolute atomic E-state index is 11.6. The maximum Gasteiger partial charge on any atom is 0.407 e. The minimum atomic E-state index is -1.29. The molecule has 0 aromatic rings. The summed E-state index contributed by atoms with van der Waals surface area (Å²) in [7, 11) is 1.21. The van der Waals surface area contributed by atoms with Crippen molar-refractivity contribution in [2.75, 3.05) is 7.11 Å². The van der Waals surface area contributed by atoms with Crippen molar-refractivity contribution in [1.29, 1.82) is 0 Å². The number of hydrogen-bond acceptors (Lipinski definition) is 4. The maximum atomic E-state index is 11.6. The van der Waals surface area contributed by atoms with Gasteiger partial charge in [-0.1, -0.05) is 6.92 Å². The van der Waals surface area contributed by atoms with Gasteiger partial charge in [-0.2, -0.15) is 0 Å². The van der Waals surface area contributed by atoms with E-state index in [1.807, 2.05) is 6.92 Å². The summed E-state index contributed by atoms with van der Waals surface area (Å²) in [6, 6.07) is -0.926. The summed E-state index contributed by atoms with van der Waals surface area (Å²) >= 11 is 0. The highest BCUT2D eigenvalue weighted by Crippen LogP contribution is 2.12. The Morgan fingerprint density at radius 2 is 2.00 bits per heavy atom. The van der Waals surface area contributed by atoms with Crippen molar-refractivity contribution in [3.8, 4) is 0 Å². The lowest BCUT2D eigenvalue weighted by atomic mass is 9.93. The fraction of sp³-hybridized carbons (Fsp3) is 0.800. The molecule has 0 bridgehead atoms. The summed E-state index contributed by atoms with van der Waals surface area (Å²) in [5.74, 6) is -0.199. The van der Waals surface area contributed by atoms with Crippen LogP contribution in [0.1, 0.15) is 33.6 Å². The third-order valence-electron chi connectivity index (χ3n) is 1.97. The molecule has 0 saturated carbocycles. The minimum absolute atomic E-state index is 0.199. The Hall–Kier alpha value is -1.10. The first-order valence-corrected chi connectivity index (χ1v) is 4.92. The molecule has 0 aliphatic rings. The third kappa shape index (κ3) is 4.78. The van der Waals surface area contributed by atoms with E-state index in [1.165, 1.54) is 21.0 Å². The molecule has 5 nitrogen and oxygen atoms in total. The van der Waals surface area contributed by atoms with Crippen LogP contribution in [-0.4, -0.2) is 35.7 Å². The minimum Gasteiger partial charge on any atom is -0.453 e. The number of rotatable bonds is 5. The lowest BCUT2D eigenvalue weighted by Gasteiger charge is -2.28. The summed E-state index contributed by atoms with van der Waals surface area (Å²) < 4.78 is 4.39. The molecular weight excluding hydrogens is 198 g/mol. The molecule has 0 aliphatic heterocycles. The Morgan fingerprint density at radius 3 is 2.33 bits per heavy atom. The lowest BCUT2D eigenvalue weighted by Crippen LogP contribution is -2.54. The molecule has 0 saturated heterocycles. The standard InChI is InChI=1S/C10H19NO4/c1-5-6-7(12)8(10(2,3)14)11-9(13)15-4/h8,14H,5-6H2,1-4H3,(H,11,13). The van der Waals surface area contributed by atoms with Gasteiger partial charge in [-0.15, -0.1) is 0 Å². The zero-order valence-electron chi connectivity index (χ0n) is 9.66. The molecule has 2 N–H and O–H groups in total. The van der Waals surface area contributed by atoms with Crippen molar-refractivity contribution >= 4 is 11.9 Å². The van der Waals surface area contributed by atoms with Gasteiger partial charge in [0.25, 0.3) is 0 Å². The molecule has 0 aromatic carbocycles. The molecule has 1 amide bonds. The Labute approximate surface area is 89.8 Å². The highest BCUT2D eigenvalue weighted by atomic mass is 16.5. The van der Waals surface area contributed by atoms with E-state index in [2.05, 4.69) is 10.1 Å². The number of ether oxygens (including phenoxy) is 1. The van der Waals surface area contributed by atoms with Crippen LogP contribution in [0.2, 0.25) is 0 Å². The molecule has 88 valence electrons. The Bertz CT molecular complexity index is 232. The van der Waals surface area contributed by atoms with E-state index in [9.17, 15) is 14.7 Å². The second-order valence-electron chi connectivity index (χ2n) is 3.94. The van der Waals surface area contributed by atoms with Crippen molar-refractivity contribution in [1.82, 2.24) is 5.32 Å². The zero-order chi connectivity index (χ0) is 12.1. The molecule has 1 unspecified atom stereocenters. The lowest BCUT2D eigenvalue weighted by molar-refractivity contribution is -0.126. The Kier molecular flexibility index (Phi) is 5.28. The van der Waals surface area contributed by atoms with Crippen LogP contribution in [0.5, 0.6) is 0 Å². The fourth-order valence-corrected chi connectivity index (χ4v) is 1.22. The average molecular weight is 217 g/mol. The SMILES string of the molecule is CCCC(=O)C(NC(=O)OC)C(C)(C)O. The predicted molar refractivity (Wildman–Crippen MR) is 55.5 cm³/mol. The molecule has 0 heterocycles. The zero-order valence-corrected chi connectivity index (χ0v) is 9.66. The molecule has 0 fully saturated rings. The number of amides is 1. The summed E-state index contributed by atoms with van der Waals surface area (Å²) in [5.41, 5.74) is -1.29. The van der Waals surface area contributed by atoms with E-state index < -0.39 is 17.7 Å². The first-order valence-electron chi connectivity index (χ1n) is 4.92. The highest BCUT2D eigenvalue weighted by Gasteiger charge is 2.34. The summed E-state index contributed by atoms with van der Waals surface area (Å²) in [5, 5.41) is 12.1. The van der Waals surface area contributed by atoms with Gasteiger partial charge >= 0.3 is 6.09 Å². The number of hydrogen-bond donors (Lipinski definition) is 2. The van der Waals surface area contributed by atoms with Gasteiger partial charge in [0.1, 0.15) is 6.04 Å². The predicted octanol–water partition coefficient (Wildman–Crippen LogP) is 0.851. The van der Waals surface area contributed by atoms with Crippen molar-refractivity contribution in [2.45, 2.75) is 45.3 Å². The molecule has 0 aliphatic carbocycles. The largest absolute Gasteiger partial charge is 0.453 e. The molecule has 5 heteroatoms. The van der Waals surface area contributed by atoms with Crippen LogP contribution in [0.4, 0.5) is 4.79 Å². The second-order valence-corrected chi connectivity index (χ2v) is 3.94. The van der Waals surface area contributed by atoms with Crippen LogP contribution in [0.15, 0.2) is 0 Å². The van der Waals surface area contributed by atoms with Crippen LogP contribution in [-0.2, 0) is 9.53 Å². The van der Waals surface area contributed by atoms with E-state index in [1.54, 1.807) is 0 Å². The quantitative estimate of drug-likeness (QED) is 0.716. The normalized spacial score (nSPS) is 13.1. The van der Waals surface area contributed by atoms with E-state index in [0.717, 1.165) is 0 Å². The average Bonchev–Trinajstić information content (AvgIpc) is 2.12. The van der Waals surface area contributed by atoms with Crippen LogP contribution in [0, 0.1) is 0 Å². The molecule has 0 rings (SSSR count). The summed E-state index contributed by atoms with van der Waals surface area (Å²) in [4.78, 5) is 22.6. The van der Waals surface area contributed by atoms with Crippen LogP contribution >= 0.6 is 0 Å². The van der Waals surface area contributed by atoms with E-state index in [4.69, 9.17) is 0 Å². The van der Waals surface area contributed by atoms with Crippen molar-refractivity contribution < 1.29 is 19.4 Å². The number of Topliss-reactive ketones (excluding diaryl/α,β-unsaturated/α-hetero) is 1. The van der Waals surface area contributed by atoms with Crippen LogP contribution in [0.3, 0.4) is 0 Å². The van der Waals surface area contributed by atoms with Crippen molar-refractivity contribution in [3.63, 3.8) is 0 Å². The van der Waals surface area contributed by atoms with Crippen molar-refractivity contribution in [2.24, 2.45) is 0 Å². The molecule has 0 spiro atoms. The Balaban J connectivity index is 4.59. The van der Waals surface area contributed by atoms with Gasteiger partial charge in [-0.3, -0.25) is 4.79 Å². The van der Waals surface area contributed by atoms with E-state index >= 15 is 0 Å². The van der Waals surface area contributed by atoms with E-state index in [-0.39, 0.29) is 5.78 Å². The Morgan fingerprint density at radius 1 is 1.47 bits per heavy atom. The molecular formula is C10H19NO4. The van der Waals surface area contributed by atoms with Gasteiger partial charge in [-0.05, 0) is 20.3 Å². The number of nitrogens with one attached hydrogen (secondary N) is 1. The van der Waals surface area contributed by atoms with Crippen LogP contribution in [0.25, 0.3) is 0 Å². The smallest absolute Gasteiger partial charge is 0.407 e. The fourth-order valence-electron chi connectivity index (χ4n) is 1.22. The number of methoxy groups -OCH3 is 1. The number of carbonyl (C=O) groups excluding carboxylic acids is 2. The number of aliphatic hydroxyl groups is 1. The highest BCUT2D eigenvalue weighted by molar-refractivity contribution is 5.88. The molecule has 15 heavy (non-hydrogen) atoms. The number of carbonyl (C=O) groups is 2. The second kappa shape index (κ2) is 5.70. The monoisotopic (exact) mass is 217 g/mol. The van der Waals surface area contributed by atoms with Gasteiger partial charge < -0.3 is 15.2 Å². The summed E-state index contributed by atoms with van der Waals surface area (Å²) in [6.07, 6.45) is 0.277. The third-order valence-corrected chi connectivity index (χ3v) is 1.97. The first kappa shape index (κ1) is 13.9. The molecule has 1 atom stereocenters. The van der Waals surface area contributed by atoms with Crippen molar-refractivity contribution in [3.05, 3.63) is 0 Å². The summed E-state index contributed by atoms with van der Waals surface area (Å²) in [6.45, 7) is 4.81. The molecule has 0 aromatic heterocycles. The topological polar surface area (TPSA) is 75.6 Å². The van der Waals surface area contributed by atoms with E-state index in [0.29, 0.717) is 12.8 Å².